The van der Waals surface area contributed by atoms with Crippen LogP contribution >= 0.6 is 0 Å². The van der Waals surface area contributed by atoms with Crippen LogP contribution in [0.1, 0.15) is 51.5 Å². The number of pyridine rings is 1. The number of benzene rings is 1. The fourth-order valence-corrected chi connectivity index (χ4v) is 4.72. The van der Waals surface area contributed by atoms with Crippen LogP contribution < -0.4 is 15.0 Å². The highest BCUT2D eigenvalue weighted by Crippen LogP contribution is 2.36. The average Bonchev–Trinajstić information content (AvgIpc) is 3.43. The molecule has 176 valence electrons. The van der Waals surface area contributed by atoms with E-state index >= 15 is 0 Å². The van der Waals surface area contributed by atoms with Crippen molar-refractivity contribution in [3.8, 4) is 11.5 Å². The highest BCUT2D eigenvalue weighted by Gasteiger charge is 2.35. The van der Waals surface area contributed by atoms with Gasteiger partial charge in [0, 0.05) is 43.2 Å². The minimum absolute atomic E-state index is 0.147. The van der Waals surface area contributed by atoms with E-state index in [1.54, 1.807) is 0 Å². The summed E-state index contributed by atoms with van der Waals surface area (Å²) < 4.78 is 12.9. The van der Waals surface area contributed by atoms with E-state index < -0.39 is 0 Å². The average molecular weight is 454 g/mol. The molecule has 0 radical (unpaired) electrons. The van der Waals surface area contributed by atoms with Crippen LogP contribution in [-0.2, 0) is 5.54 Å². The van der Waals surface area contributed by atoms with E-state index in [1.807, 2.05) is 22.9 Å². The van der Waals surface area contributed by atoms with Gasteiger partial charge in [-0.15, -0.1) is 5.10 Å². The van der Waals surface area contributed by atoms with Crippen LogP contribution in [0, 0.1) is 0 Å². The van der Waals surface area contributed by atoms with Gasteiger partial charge < -0.3 is 19.4 Å². The number of nitrogens with zero attached hydrogens (tertiary/aromatic N) is 6. The summed E-state index contributed by atoms with van der Waals surface area (Å²) in [5, 5.41) is 13.6. The maximum atomic E-state index is 13.4. The normalized spacial score (nSPS) is 18.2. The van der Waals surface area contributed by atoms with Crippen molar-refractivity contribution in [3.63, 3.8) is 0 Å². The molecule has 4 heterocycles. The van der Waals surface area contributed by atoms with Gasteiger partial charge in [0.1, 0.15) is 6.04 Å². The van der Waals surface area contributed by atoms with Gasteiger partial charge in [0.25, 0.3) is 5.56 Å². The number of aromatic amines is 1. The molecule has 0 saturated carbocycles. The minimum atomic E-state index is -0.360. The second-order valence-electron chi connectivity index (χ2n) is 9.75. The smallest absolute Gasteiger partial charge is 0.253 e. The highest BCUT2D eigenvalue weighted by molar-refractivity contribution is 5.83. The van der Waals surface area contributed by atoms with Crippen molar-refractivity contribution < 1.29 is 9.47 Å². The molecule has 2 aromatic heterocycles. The number of aromatic nitrogens is 5. The summed E-state index contributed by atoms with van der Waals surface area (Å²) in [6, 6.07) is 5.32. The Hall–Kier alpha value is -2.98. The number of ether oxygens (including phenoxy) is 2. The van der Waals surface area contributed by atoms with Crippen molar-refractivity contribution in [1.82, 2.24) is 35.0 Å². The Morgan fingerprint density at radius 1 is 1.09 bits per heavy atom. The van der Waals surface area contributed by atoms with Crippen LogP contribution in [0.5, 0.6) is 11.5 Å². The van der Waals surface area contributed by atoms with Gasteiger partial charge in [0.05, 0.1) is 11.1 Å². The second kappa shape index (κ2) is 8.42. The van der Waals surface area contributed by atoms with Crippen molar-refractivity contribution in [2.24, 2.45) is 0 Å². The first-order valence-electron chi connectivity index (χ1n) is 11.6. The number of tetrazole rings is 1. The fraction of sp³-hybridized carbons (Fsp3) is 0.565. The molecule has 1 N–H and O–H groups in total. The summed E-state index contributed by atoms with van der Waals surface area (Å²) in [5.74, 6) is 2.01. The van der Waals surface area contributed by atoms with Crippen LogP contribution in [0.2, 0.25) is 0 Å². The topological polar surface area (TPSA) is 101 Å². The molecule has 5 rings (SSSR count). The monoisotopic (exact) mass is 453 g/mol. The number of H-pyrrole nitrogens is 1. The molecule has 0 amide bonds. The van der Waals surface area contributed by atoms with E-state index in [4.69, 9.17) is 9.47 Å². The standard InChI is InChI=1S/C23H31N7O3/c1-5-6-28-7-9-29(10-8-28)20(21-25-26-27-30(21)23(2,3)4)16-11-15-12-18-19(33-14-32-18)13-17(15)24-22(16)31/h11-13,20H,5-10,14H2,1-4H3,(H,24,31)/t20-/m1/s1. The number of hydrogen-bond acceptors (Lipinski definition) is 8. The van der Waals surface area contributed by atoms with Crippen molar-refractivity contribution in [1.29, 1.82) is 0 Å². The molecule has 2 aliphatic rings. The lowest BCUT2D eigenvalue weighted by molar-refractivity contribution is 0.102. The third-order valence-corrected chi connectivity index (χ3v) is 6.35. The van der Waals surface area contributed by atoms with Gasteiger partial charge in [0.15, 0.2) is 17.3 Å². The molecule has 33 heavy (non-hydrogen) atoms. The molecule has 0 spiro atoms. The van der Waals surface area contributed by atoms with Crippen molar-refractivity contribution >= 4 is 10.9 Å². The van der Waals surface area contributed by atoms with Crippen molar-refractivity contribution in [2.75, 3.05) is 39.5 Å². The zero-order chi connectivity index (χ0) is 23.2. The molecule has 3 aromatic rings. The molecule has 0 unspecified atom stereocenters. The van der Waals surface area contributed by atoms with E-state index in [-0.39, 0.29) is 23.9 Å². The number of rotatable bonds is 5. The van der Waals surface area contributed by atoms with Crippen molar-refractivity contribution in [2.45, 2.75) is 45.7 Å². The summed E-state index contributed by atoms with van der Waals surface area (Å²) in [7, 11) is 0. The van der Waals surface area contributed by atoms with Gasteiger partial charge >= 0.3 is 0 Å². The third kappa shape index (κ3) is 4.08. The number of hydrogen-bond donors (Lipinski definition) is 1. The van der Waals surface area contributed by atoms with Gasteiger partial charge in [-0.2, -0.15) is 0 Å². The van der Waals surface area contributed by atoms with E-state index in [9.17, 15) is 4.79 Å². The van der Waals surface area contributed by atoms with Gasteiger partial charge in [-0.1, -0.05) is 6.92 Å². The predicted octanol–water partition coefficient (Wildman–Crippen LogP) is 2.12. The van der Waals surface area contributed by atoms with Gasteiger partial charge in [-0.05, 0) is 56.3 Å². The molecular formula is C23H31N7O3. The van der Waals surface area contributed by atoms with Crippen LogP contribution in [0.4, 0.5) is 0 Å². The third-order valence-electron chi connectivity index (χ3n) is 6.35. The quantitative estimate of drug-likeness (QED) is 0.627. The molecule has 1 fully saturated rings. The summed E-state index contributed by atoms with van der Waals surface area (Å²) in [5.41, 5.74) is 0.878. The first-order chi connectivity index (χ1) is 15.8. The molecule has 10 heteroatoms. The van der Waals surface area contributed by atoms with Crippen LogP contribution in [-0.4, -0.2) is 74.5 Å². The van der Waals surface area contributed by atoms with E-state index in [2.05, 4.69) is 58.0 Å². The lowest BCUT2D eigenvalue weighted by atomic mass is 10.0. The first-order valence-corrected chi connectivity index (χ1v) is 11.6. The van der Waals surface area contributed by atoms with Crippen LogP contribution in [0.15, 0.2) is 23.0 Å². The first kappa shape index (κ1) is 21.8. The van der Waals surface area contributed by atoms with E-state index in [0.717, 1.165) is 50.0 Å². The van der Waals surface area contributed by atoms with Gasteiger partial charge in [0.2, 0.25) is 6.79 Å². The lowest BCUT2D eigenvalue weighted by Crippen LogP contribution is -2.49. The van der Waals surface area contributed by atoms with Crippen LogP contribution in [0.25, 0.3) is 10.9 Å². The molecule has 0 aliphatic carbocycles. The van der Waals surface area contributed by atoms with E-state index in [0.29, 0.717) is 22.9 Å². The van der Waals surface area contributed by atoms with Crippen LogP contribution in [0.3, 0.4) is 0 Å². The summed E-state index contributed by atoms with van der Waals surface area (Å²) in [6.07, 6.45) is 1.13. The molecule has 1 atom stereocenters. The highest BCUT2D eigenvalue weighted by atomic mass is 16.7. The Kier molecular flexibility index (Phi) is 5.57. The summed E-state index contributed by atoms with van der Waals surface area (Å²) >= 11 is 0. The molecule has 1 aromatic carbocycles. The maximum Gasteiger partial charge on any atom is 0.253 e. The lowest BCUT2D eigenvalue weighted by Gasteiger charge is -2.39. The summed E-state index contributed by atoms with van der Waals surface area (Å²) in [6.45, 7) is 13.2. The SMILES string of the molecule is CCCN1CCN([C@H](c2cc3cc4c(cc3[nH]c2=O)OCO4)c2nnnn2C(C)(C)C)CC1. The Morgan fingerprint density at radius 3 is 2.52 bits per heavy atom. The zero-order valence-electron chi connectivity index (χ0n) is 19.7. The van der Waals surface area contributed by atoms with Gasteiger partial charge in [-0.25, -0.2) is 4.68 Å². The molecule has 1 saturated heterocycles. The number of piperazine rings is 1. The van der Waals surface area contributed by atoms with E-state index in [1.165, 1.54) is 0 Å². The molecule has 10 nitrogen and oxygen atoms in total. The van der Waals surface area contributed by atoms with Gasteiger partial charge in [-0.3, -0.25) is 9.69 Å². The van der Waals surface area contributed by atoms with Crippen molar-refractivity contribution in [3.05, 3.63) is 39.9 Å². The Balaban J connectivity index is 1.61. The summed E-state index contributed by atoms with van der Waals surface area (Å²) in [4.78, 5) is 21.2. The molecule has 2 aliphatic heterocycles. The number of fused-ring (bicyclic) bond motifs is 2. The molecular weight excluding hydrogens is 422 g/mol. The molecule has 0 bridgehead atoms. The second-order valence-corrected chi connectivity index (χ2v) is 9.75. The Morgan fingerprint density at radius 2 is 1.82 bits per heavy atom. The Labute approximate surface area is 192 Å². The fourth-order valence-electron chi connectivity index (χ4n) is 4.72. The zero-order valence-corrected chi connectivity index (χ0v) is 19.7. The Bertz CT molecular complexity index is 1200. The predicted molar refractivity (Wildman–Crippen MR) is 124 cm³/mol. The number of nitrogens with one attached hydrogen (secondary N) is 1. The minimum Gasteiger partial charge on any atom is -0.454 e. The maximum absolute atomic E-state index is 13.4. The largest absolute Gasteiger partial charge is 0.454 e.